The Kier molecular flexibility index (Phi) is 4.43. The van der Waals surface area contributed by atoms with E-state index in [-0.39, 0.29) is 5.69 Å². The molecule has 10 heteroatoms. The normalized spacial score (nSPS) is 35.1. The maximum Gasteiger partial charge on any atom is 0.269 e. The van der Waals surface area contributed by atoms with Gasteiger partial charge in [-0.05, 0) is 39.8 Å². The summed E-state index contributed by atoms with van der Waals surface area (Å²) in [5, 5.41) is 13.5. The smallest absolute Gasteiger partial charge is 0.269 e. The van der Waals surface area contributed by atoms with Crippen LogP contribution < -0.4 is 5.32 Å². The summed E-state index contributed by atoms with van der Waals surface area (Å²) < 4.78 is 29.4. The zero-order valence-corrected chi connectivity index (χ0v) is 15.9. The number of rotatable bonds is 3. The minimum Gasteiger partial charge on any atom is -0.342 e. The van der Waals surface area contributed by atoms with Crippen LogP contribution in [0.15, 0.2) is 24.3 Å². The molecule has 3 saturated heterocycles. The van der Waals surface area contributed by atoms with Crippen LogP contribution in [-0.4, -0.2) is 53.1 Å². The largest absolute Gasteiger partial charge is 0.342 e. The van der Waals surface area contributed by atoms with E-state index in [0.717, 1.165) is 0 Å². The summed E-state index contributed by atoms with van der Waals surface area (Å²) in [5.41, 5.74) is 0.336. The van der Waals surface area contributed by atoms with Crippen molar-refractivity contribution < 1.29 is 33.4 Å². The predicted molar refractivity (Wildman–Crippen MR) is 94.2 cm³/mol. The van der Waals surface area contributed by atoms with Gasteiger partial charge in [-0.25, -0.2) is 0 Å². The van der Waals surface area contributed by atoms with E-state index in [1.54, 1.807) is 27.7 Å². The van der Waals surface area contributed by atoms with E-state index in [2.05, 4.69) is 5.32 Å². The molecule has 1 aromatic rings. The third-order valence-electron chi connectivity index (χ3n) is 4.76. The number of amides is 1. The number of fused-ring (bicyclic) bond motifs is 3. The molecule has 1 aromatic carbocycles. The number of benzene rings is 1. The Morgan fingerprint density at radius 3 is 2.18 bits per heavy atom. The standard InChI is InChI=1S/C18H22N2O8/c1-17(2)25-11-12(26-17)14-16(28-18(3,4)27-14)24-13(11)15(21)19-9-5-7-10(8-6-9)20(22)23/h5-8,11-14,16H,1-4H3,(H,19,21)/t11-,12+,13+,14+,16-/m0/s1. The molecule has 4 rings (SSSR count). The number of anilines is 1. The molecule has 0 bridgehead atoms. The molecule has 3 aliphatic rings. The number of nitrogens with one attached hydrogen (secondary N) is 1. The second-order valence-corrected chi connectivity index (χ2v) is 7.88. The maximum absolute atomic E-state index is 12.9. The zero-order valence-electron chi connectivity index (χ0n) is 15.9. The van der Waals surface area contributed by atoms with Gasteiger partial charge in [0.25, 0.3) is 11.6 Å². The topological polar surface area (TPSA) is 118 Å². The molecular weight excluding hydrogens is 372 g/mol. The molecule has 0 radical (unpaired) electrons. The molecule has 0 unspecified atom stereocenters. The minimum atomic E-state index is -0.999. The molecule has 152 valence electrons. The van der Waals surface area contributed by atoms with E-state index in [4.69, 9.17) is 23.7 Å². The number of ether oxygens (including phenoxy) is 5. The molecular formula is C18H22N2O8. The second kappa shape index (κ2) is 6.46. The first-order chi connectivity index (χ1) is 13.0. The van der Waals surface area contributed by atoms with Gasteiger partial charge in [-0.1, -0.05) is 0 Å². The highest BCUT2D eigenvalue weighted by Crippen LogP contribution is 2.44. The minimum absolute atomic E-state index is 0.0668. The van der Waals surface area contributed by atoms with E-state index in [9.17, 15) is 14.9 Å². The van der Waals surface area contributed by atoms with Crippen molar-refractivity contribution in [2.24, 2.45) is 0 Å². The van der Waals surface area contributed by atoms with Gasteiger partial charge >= 0.3 is 0 Å². The highest BCUT2D eigenvalue weighted by Gasteiger charge is 2.62. The molecule has 3 heterocycles. The van der Waals surface area contributed by atoms with Crippen molar-refractivity contribution in [3.8, 4) is 0 Å². The monoisotopic (exact) mass is 394 g/mol. The van der Waals surface area contributed by atoms with Crippen LogP contribution in [0, 0.1) is 10.1 Å². The summed E-state index contributed by atoms with van der Waals surface area (Å²) in [6.07, 6.45) is -3.53. The van der Waals surface area contributed by atoms with Crippen LogP contribution in [0.3, 0.4) is 0 Å². The number of hydrogen-bond donors (Lipinski definition) is 1. The lowest BCUT2D eigenvalue weighted by Gasteiger charge is -2.36. The lowest BCUT2D eigenvalue weighted by Crippen LogP contribution is -2.58. The molecule has 1 amide bonds. The third kappa shape index (κ3) is 3.49. The Morgan fingerprint density at radius 1 is 0.964 bits per heavy atom. The van der Waals surface area contributed by atoms with Gasteiger partial charge in [0.05, 0.1) is 4.92 Å². The van der Waals surface area contributed by atoms with Crippen LogP contribution in [0.2, 0.25) is 0 Å². The Hall–Kier alpha value is -2.11. The van der Waals surface area contributed by atoms with Gasteiger partial charge in [0.15, 0.2) is 24.0 Å². The summed E-state index contributed by atoms with van der Waals surface area (Å²) in [4.78, 5) is 23.1. The number of carbonyl (C=O) groups is 1. The summed E-state index contributed by atoms with van der Waals surface area (Å²) in [7, 11) is 0. The first kappa shape index (κ1) is 19.2. The zero-order chi connectivity index (χ0) is 20.3. The van der Waals surface area contributed by atoms with Crippen molar-refractivity contribution in [1.29, 1.82) is 0 Å². The lowest BCUT2D eigenvalue weighted by molar-refractivity contribution is -0.384. The number of non-ortho nitro benzene ring substituents is 1. The van der Waals surface area contributed by atoms with Crippen LogP contribution in [0.1, 0.15) is 27.7 Å². The van der Waals surface area contributed by atoms with Crippen LogP contribution in [0.25, 0.3) is 0 Å². The van der Waals surface area contributed by atoms with E-state index in [0.29, 0.717) is 5.69 Å². The van der Waals surface area contributed by atoms with Crippen molar-refractivity contribution in [1.82, 2.24) is 0 Å². The fourth-order valence-corrected chi connectivity index (χ4v) is 3.70. The molecule has 3 fully saturated rings. The van der Waals surface area contributed by atoms with E-state index in [1.807, 2.05) is 0 Å². The van der Waals surface area contributed by atoms with Crippen LogP contribution >= 0.6 is 0 Å². The molecule has 1 N–H and O–H groups in total. The Labute approximate surface area is 161 Å². The summed E-state index contributed by atoms with van der Waals surface area (Å²) in [6, 6.07) is 5.52. The summed E-state index contributed by atoms with van der Waals surface area (Å²) >= 11 is 0. The number of nitrogens with zero attached hydrogens (tertiary/aromatic N) is 1. The predicted octanol–water partition coefficient (Wildman–Crippen LogP) is 1.93. The van der Waals surface area contributed by atoms with Crippen LogP contribution in [0.4, 0.5) is 11.4 Å². The molecule has 10 nitrogen and oxygen atoms in total. The van der Waals surface area contributed by atoms with Gasteiger partial charge in [-0.2, -0.15) is 0 Å². The average molecular weight is 394 g/mol. The van der Waals surface area contributed by atoms with Gasteiger partial charge in [0.1, 0.15) is 18.3 Å². The SMILES string of the molecule is CC1(C)O[C@@H]2O[C@@H](C(=O)Nc3ccc([N+](=O)[O-])cc3)[C@H]3OC(C)(C)O[C@H]3[C@H]2O1. The molecule has 0 aliphatic carbocycles. The van der Waals surface area contributed by atoms with Crippen molar-refractivity contribution in [3.05, 3.63) is 34.4 Å². The van der Waals surface area contributed by atoms with Gasteiger partial charge in [0, 0.05) is 17.8 Å². The van der Waals surface area contributed by atoms with Gasteiger partial charge in [-0.3, -0.25) is 14.9 Å². The summed E-state index contributed by atoms with van der Waals surface area (Å²) in [6.45, 7) is 7.03. The first-order valence-corrected chi connectivity index (χ1v) is 8.97. The quantitative estimate of drug-likeness (QED) is 0.610. The maximum atomic E-state index is 12.9. The number of nitro benzene ring substituents is 1. The molecule has 5 atom stereocenters. The Morgan fingerprint density at radius 2 is 1.54 bits per heavy atom. The van der Waals surface area contributed by atoms with Gasteiger partial charge in [-0.15, -0.1) is 0 Å². The van der Waals surface area contributed by atoms with Crippen LogP contribution in [-0.2, 0) is 28.5 Å². The molecule has 28 heavy (non-hydrogen) atoms. The lowest BCUT2D eigenvalue weighted by atomic mass is 9.98. The second-order valence-electron chi connectivity index (χ2n) is 7.88. The highest BCUT2D eigenvalue weighted by atomic mass is 16.9. The van der Waals surface area contributed by atoms with Crippen molar-refractivity contribution in [2.75, 3.05) is 5.32 Å². The average Bonchev–Trinajstić information content (AvgIpc) is 3.08. The first-order valence-electron chi connectivity index (χ1n) is 8.97. The number of nitro groups is 1. The summed E-state index contributed by atoms with van der Waals surface area (Å²) in [5.74, 6) is -2.24. The third-order valence-corrected chi connectivity index (χ3v) is 4.76. The van der Waals surface area contributed by atoms with E-state index >= 15 is 0 Å². The molecule has 0 spiro atoms. The van der Waals surface area contributed by atoms with Gasteiger partial charge in [0.2, 0.25) is 0 Å². The fraction of sp³-hybridized carbons (Fsp3) is 0.611. The number of carbonyl (C=O) groups excluding carboxylic acids is 1. The highest BCUT2D eigenvalue weighted by molar-refractivity contribution is 5.95. The van der Waals surface area contributed by atoms with E-state index in [1.165, 1.54) is 24.3 Å². The van der Waals surface area contributed by atoms with E-state index < -0.39 is 53.1 Å². The Balaban J connectivity index is 1.54. The van der Waals surface area contributed by atoms with Crippen molar-refractivity contribution in [3.63, 3.8) is 0 Å². The number of hydrogen-bond acceptors (Lipinski definition) is 8. The Bertz CT molecular complexity index is 793. The van der Waals surface area contributed by atoms with Crippen molar-refractivity contribution in [2.45, 2.75) is 70.0 Å². The van der Waals surface area contributed by atoms with Crippen LogP contribution in [0.5, 0.6) is 0 Å². The van der Waals surface area contributed by atoms with Gasteiger partial charge < -0.3 is 29.0 Å². The fourth-order valence-electron chi connectivity index (χ4n) is 3.70. The molecule has 0 saturated carbocycles. The molecule has 0 aromatic heterocycles. The molecule has 3 aliphatic heterocycles. The van der Waals surface area contributed by atoms with Crippen molar-refractivity contribution >= 4 is 17.3 Å².